The monoisotopic (exact) mass is 532 g/mol. The van der Waals surface area contributed by atoms with Gasteiger partial charge in [-0.05, 0) is 86.8 Å². The summed E-state index contributed by atoms with van der Waals surface area (Å²) in [6.07, 6.45) is 5.12. The highest BCUT2D eigenvalue weighted by Gasteiger charge is 2.38. The highest BCUT2D eigenvalue weighted by molar-refractivity contribution is 9.10. The van der Waals surface area contributed by atoms with Crippen LogP contribution < -0.4 is 15.4 Å². The van der Waals surface area contributed by atoms with Gasteiger partial charge in [-0.15, -0.1) is 0 Å². The van der Waals surface area contributed by atoms with Crippen molar-refractivity contribution in [3.63, 3.8) is 0 Å². The zero-order valence-corrected chi connectivity index (χ0v) is 21.9. The van der Waals surface area contributed by atoms with Crippen LogP contribution in [0.2, 0.25) is 0 Å². The number of carbonyl (C=O) groups excluding carboxylic acids is 1. The van der Waals surface area contributed by atoms with Gasteiger partial charge in [0, 0.05) is 46.2 Å². The fourth-order valence-corrected chi connectivity index (χ4v) is 5.49. The van der Waals surface area contributed by atoms with Crippen LogP contribution >= 0.6 is 15.9 Å². The van der Waals surface area contributed by atoms with Crippen LogP contribution in [0, 0.1) is 11.3 Å². The van der Waals surface area contributed by atoms with Gasteiger partial charge in [-0.1, -0.05) is 18.2 Å². The summed E-state index contributed by atoms with van der Waals surface area (Å²) in [7, 11) is 0. The number of nitriles is 1. The Kier molecular flexibility index (Phi) is 6.98. The first-order valence-corrected chi connectivity index (χ1v) is 12.4. The standard InChI is InChI=1S/C28H29BrN4O2/c1-27(2)14-20(15-28(3,4)33-27)32-26(34)18-10-11-25(23(29)13-18)35-24-9-5-8-21(22(24)16-30)19-7-6-12-31-17-19/h5-13,17,20,33H,14-15H2,1-4H3,(H,32,34). The molecule has 0 unspecified atom stereocenters. The Morgan fingerprint density at radius 2 is 1.86 bits per heavy atom. The summed E-state index contributed by atoms with van der Waals surface area (Å²) in [5.74, 6) is 0.837. The fourth-order valence-electron chi connectivity index (χ4n) is 5.03. The van der Waals surface area contributed by atoms with Crippen LogP contribution in [0.15, 0.2) is 65.4 Å². The lowest BCUT2D eigenvalue weighted by molar-refractivity contribution is 0.0873. The van der Waals surface area contributed by atoms with Gasteiger partial charge >= 0.3 is 0 Å². The Morgan fingerprint density at radius 1 is 1.11 bits per heavy atom. The minimum Gasteiger partial charge on any atom is -0.455 e. The van der Waals surface area contributed by atoms with Gasteiger partial charge in [0.05, 0.1) is 4.47 Å². The summed E-state index contributed by atoms with van der Waals surface area (Å²) >= 11 is 3.54. The molecule has 4 rings (SSSR count). The number of amides is 1. The van der Waals surface area contributed by atoms with Crippen LogP contribution in [0.1, 0.15) is 56.5 Å². The first-order chi connectivity index (χ1) is 16.6. The predicted octanol–water partition coefficient (Wildman–Crippen LogP) is 6.21. The average molecular weight is 533 g/mol. The molecule has 1 aliphatic rings. The maximum absolute atomic E-state index is 13.0. The van der Waals surface area contributed by atoms with Gasteiger partial charge in [0.2, 0.25) is 0 Å². The van der Waals surface area contributed by atoms with E-state index in [-0.39, 0.29) is 23.0 Å². The first-order valence-electron chi connectivity index (χ1n) is 11.6. The Morgan fingerprint density at radius 3 is 2.49 bits per heavy atom. The topological polar surface area (TPSA) is 87.0 Å². The van der Waals surface area contributed by atoms with Crippen LogP contribution in [-0.2, 0) is 0 Å². The smallest absolute Gasteiger partial charge is 0.251 e. The number of nitrogens with zero attached hydrogens (tertiary/aromatic N) is 2. The summed E-state index contributed by atoms with van der Waals surface area (Å²) in [5, 5.41) is 16.7. The molecule has 1 aromatic heterocycles. The quantitative estimate of drug-likeness (QED) is 0.407. The molecule has 1 aliphatic heterocycles. The molecule has 0 spiro atoms. The van der Waals surface area contributed by atoms with E-state index in [2.05, 4.69) is 65.3 Å². The first kappa shape index (κ1) is 24.9. The maximum Gasteiger partial charge on any atom is 0.251 e. The number of pyridine rings is 1. The van der Waals surface area contributed by atoms with E-state index in [1.54, 1.807) is 36.7 Å². The molecule has 0 saturated carbocycles. The van der Waals surface area contributed by atoms with E-state index in [1.807, 2.05) is 24.3 Å². The van der Waals surface area contributed by atoms with E-state index in [1.165, 1.54) is 0 Å². The Labute approximate surface area is 214 Å². The van der Waals surface area contributed by atoms with Crippen molar-refractivity contribution >= 4 is 21.8 Å². The molecule has 1 saturated heterocycles. The molecule has 1 fully saturated rings. The lowest BCUT2D eigenvalue weighted by Crippen LogP contribution is -2.62. The van der Waals surface area contributed by atoms with Crippen molar-refractivity contribution in [2.24, 2.45) is 0 Å². The minimum absolute atomic E-state index is 0.0548. The van der Waals surface area contributed by atoms with Gasteiger partial charge in [0.25, 0.3) is 5.91 Å². The summed E-state index contributed by atoms with van der Waals surface area (Å²) in [4.78, 5) is 17.2. The number of aromatic nitrogens is 1. The third-order valence-corrected chi connectivity index (χ3v) is 6.67. The molecule has 0 aliphatic carbocycles. The Hall–Kier alpha value is -3.21. The van der Waals surface area contributed by atoms with Crippen LogP contribution in [0.4, 0.5) is 0 Å². The molecule has 2 N–H and O–H groups in total. The van der Waals surface area contributed by atoms with Crippen LogP contribution in [0.5, 0.6) is 11.5 Å². The number of hydrogen-bond acceptors (Lipinski definition) is 5. The molecule has 1 amide bonds. The molecular weight excluding hydrogens is 504 g/mol. The third-order valence-electron chi connectivity index (χ3n) is 6.05. The lowest BCUT2D eigenvalue weighted by atomic mass is 9.79. The van der Waals surface area contributed by atoms with Crippen molar-refractivity contribution in [2.45, 2.75) is 57.7 Å². The van der Waals surface area contributed by atoms with Gasteiger partial charge in [-0.2, -0.15) is 5.26 Å². The normalized spacial score (nSPS) is 16.8. The van der Waals surface area contributed by atoms with E-state index >= 15 is 0 Å². The molecule has 0 atom stereocenters. The van der Waals surface area contributed by atoms with Gasteiger partial charge in [0.15, 0.2) is 0 Å². The second-order valence-electron chi connectivity index (χ2n) is 10.3. The summed E-state index contributed by atoms with van der Waals surface area (Å²) in [6, 6.07) is 16.8. The lowest BCUT2D eigenvalue weighted by Gasteiger charge is -2.46. The van der Waals surface area contributed by atoms with Crippen molar-refractivity contribution in [1.29, 1.82) is 5.26 Å². The molecule has 3 aromatic rings. The summed E-state index contributed by atoms with van der Waals surface area (Å²) < 4.78 is 6.73. The number of nitrogens with one attached hydrogen (secondary N) is 2. The summed E-state index contributed by atoms with van der Waals surface area (Å²) in [5.41, 5.74) is 2.44. The zero-order valence-electron chi connectivity index (χ0n) is 20.4. The third kappa shape index (κ3) is 5.90. The predicted molar refractivity (Wildman–Crippen MR) is 140 cm³/mol. The molecule has 7 heteroatoms. The largest absolute Gasteiger partial charge is 0.455 e. The van der Waals surface area contributed by atoms with Crippen LogP contribution in [0.3, 0.4) is 0 Å². The molecule has 35 heavy (non-hydrogen) atoms. The fraction of sp³-hybridized carbons (Fsp3) is 0.321. The number of halogens is 1. The Balaban J connectivity index is 1.53. The minimum atomic E-state index is -0.118. The van der Waals surface area contributed by atoms with Crippen molar-refractivity contribution in [3.8, 4) is 28.7 Å². The second kappa shape index (κ2) is 9.80. The van der Waals surface area contributed by atoms with E-state index in [4.69, 9.17) is 4.74 Å². The second-order valence-corrected chi connectivity index (χ2v) is 11.1. The van der Waals surface area contributed by atoms with Crippen LogP contribution in [0.25, 0.3) is 11.1 Å². The average Bonchev–Trinajstić information content (AvgIpc) is 2.78. The van der Waals surface area contributed by atoms with Gasteiger partial charge in [-0.25, -0.2) is 0 Å². The molecule has 0 bridgehead atoms. The number of ether oxygens (including phenoxy) is 1. The molecule has 2 aromatic carbocycles. The van der Waals surface area contributed by atoms with Crippen LogP contribution in [-0.4, -0.2) is 28.0 Å². The van der Waals surface area contributed by atoms with Gasteiger partial charge in [0.1, 0.15) is 23.1 Å². The molecular formula is C28H29BrN4O2. The number of hydrogen-bond donors (Lipinski definition) is 2. The number of piperidine rings is 1. The Bertz CT molecular complexity index is 1270. The highest BCUT2D eigenvalue weighted by Crippen LogP contribution is 2.36. The van der Waals surface area contributed by atoms with Gasteiger partial charge in [-0.3, -0.25) is 9.78 Å². The molecule has 0 radical (unpaired) electrons. The number of benzene rings is 2. The number of carbonyl (C=O) groups is 1. The van der Waals surface area contributed by atoms with E-state index in [9.17, 15) is 10.1 Å². The zero-order chi connectivity index (χ0) is 25.2. The van der Waals surface area contributed by atoms with Gasteiger partial charge < -0.3 is 15.4 Å². The van der Waals surface area contributed by atoms with Crippen molar-refractivity contribution in [1.82, 2.24) is 15.6 Å². The van der Waals surface area contributed by atoms with Crippen molar-refractivity contribution in [2.75, 3.05) is 0 Å². The van der Waals surface area contributed by atoms with Crippen molar-refractivity contribution in [3.05, 3.63) is 76.5 Å². The SMILES string of the molecule is CC1(C)CC(NC(=O)c2ccc(Oc3cccc(-c4cccnc4)c3C#N)c(Br)c2)CC(C)(C)N1. The van der Waals surface area contributed by atoms with E-state index in [0.717, 1.165) is 24.0 Å². The highest BCUT2D eigenvalue weighted by atomic mass is 79.9. The van der Waals surface area contributed by atoms with E-state index < -0.39 is 0 Å². The van der Waals surface area contributed by atoms with E-state index in [0.29, 0.717) is 27.1 Å². The van der Waals surface area contributed by atoms with Crippen molar-refractivity contribution < 1.29 is 9.53 Å². The maximum atomic E-state index is 13.0. The molecule has 6 nitrogen and oxygen atoms in total. The molecule has 180 valence electrons. The molecule has 2 heterocycles. The number of rotatable bonds is 5. The summed E-state index contributed by atoms with van der Waals surface area (Å²) in [6.45, 7) is 8.65.